The summed E-state index contributed by atoms with van der Waals surface area (Å²) in [5.74, 6) is -0.234. The molecule has 166 valence electrons. The minimum absolute atomic E-state index is 0.117. The first-order valence-corrected chi connectivity index (χ1v) is 10.9. The van der Waals surface area contributed by atoms with E-state index < -0.39 is 0 Å². The number of hydrogen-bond donors (Lipinski definition) is 3. The maximum atomic E-state index is 12.0. The minimum Gasteiger partial charge on any atom is -0.472 e. The quantitative estimate of drug-likeness (QED) is 0.417. The summed E-state index contributed by atoms with van der Waals surface area (Å²) in [4.78, 5) is 20.6. The number of carbonyl (C=O) groups is 1. The Morgan fingerprint density at radius 3 is 2.88 bits per heavy atom. The Labute approximate surface area is 192 Å². The topological polar surface area (TPSA) is 106 Å². The van der Waals surface area contributed by atoms with E-state index in [0.29, 0.717) is 11.7 Å². The standard InChI is InChI=1S/C26H25N5O2/c1-28-26(32)24-25(27)30-14-23(31-24)19-4-2-3-16(11-19)13-29-22-8-6-18-12-17(5-7-21(18)22)20-9-10-33-15-20/h2-5,7,9-12,14-15,22,29H,6,8,13H2,1H3,(H2,27,30)(H,28,32). The second-order valence-electron chi connectivity index (χ2n) is 8.17. The van der Waals surface area contributed by atoms with Gasteiger partial charge in [-0.3, -0.25) is 4.79 Å². The summed E-state index contributed by atoms with van der Waals surface area (Å²) >= 11 is 0. The summed E-state index contributed by atoms with van der Waals surface area (Å²) in [5.41, 5.74) is 13.6. The normalized spacial score (nSPS) is 14.8. The van der Waals surface area contributed by atoms with Crippen molar-refractivity contribution in [3.8, 4) is 22.4 Å². The van der Waals surface area contributed by atoms with Crippen molar-refractivity contribution in [2.24, 2.45) is 0 Å². The molecule has 0 bridgehead atoms. The number of anilines is 1. The summed E-state index contributed by atoms with van der Waals surface area (Å²) < 4.78 is 5.22. The molecule has 0 spiro atoms. The Morgan fingerprint density at radius 2 is 2.06 bits per heavy atom. The van der Waals surface area contributed by atoms with Gasteiger partial charge < -0.3 is 20.8 Å². The number of aromatic nitrogens is 2. The van der Waals surface area contributed by atoms with E-state index in [0.717, 1.165) is 36.1 Å². The van der Waals surface area contributed by atoms with E-state index in [4.69, 9.17) is 10.2 Å². The highest BCUT2D eigenvalue weighted by Crippen LogP contribution is 2.34. The second-order valence-corrected chi connectivity index (χ2v) is 8.17. The van der Waals surface area contributed by atoms with Crippen LogP contribution in [0.25, 0.3) is 22.4 Å². The van der Waals surface area contributed by atoms with Crippen LogP contribution < -0.4 is 16.4 Å². The van der Waals surface area contributed by atoms with Gasteiger partial charge in [0.25, 0.3) is 5.91 Å². The Bertz CT molecular complexity index is 1300. The van der Waals surface area contributed by atoms with Gasteiger partial charge in [-0.25, -0.2) is 9.97 Å². The number of nitrogens with zero attached hydrogens (tertiary/aromatic N) is 2. The van der Waals surface area contributed by atoms with Crippen molar-refractivity contribution in [1.82, 2.24) is 20.6 Å². The summed E-state index contributed by atoms with van der Waals surface area (Å²) in [6.45, 7) is 0.728. The van der Waals surface area contributed by atoms with Crippen LogP contribution in [0.1, 0.15) is 39.6 Å². The van der Waals surface area contributed by atoms with Gasteiger partial charge in [-0.1, -0.05) is 36.4 Å². The highest BCUT2D eigenvalue weighted by Gasteiger charge is 2.22. The van der Waals surface area contributed by atoms with E-state index in [2.05, 4.69) is 50.9 Å². The molecule has 1 aliphatic carbocycles. The number of benzene rings is 2. The number of carbonyl (C=O) groups excluding carboxylic acids is 1. The summed E-state index contributed by atoms with van der Waals surface area (Å²) in [6, 6.07) is 17.1. The van der Waals surface area contributed by atoms with Crippen molar-refractivity contribution in [2.45, 2.75) is 25.4 Å². The van der Waals surface area contributed by atoms with Crippen molar-refractivity contribution < 1.29 is 9.21 Å². The van der Waals surface area contributed by atoms with Crippen molar-refractivity contribution in [2.75, 3.05) is 12.8 Å². The van der Waals surface area contributed by atoms with Gasteiger partial charge >= 0.3 is 0 Å². The Balaban J connectivity index is 1.31. The summed E-state index contributed by atoms with van der Waals surface area (Å²) in [6.07, 6.45) is 7.21. The van der Waals surface area contributed by atoms with E-state index in [-0.39, 0.29) is 17.4 Å². The van der Waals surface area contributed by atoms with Gasteiger partial charge in [0.15, 0.2) is 11.5 Å². The smallest absolute Gasteiger partial charge is 0.273 e. The molecule has 2 aromatic heterocycles. The lowest BCUT2D eigenvalue weighted by Crippen LogP contribution is -2.21. The first kappa shape index (κ1) is 20.9. The Kier molecular flexibility index (Phi) is 5.62. The van der Waals surface area contributed by atoms with Crippen molar-refractivity contribution in [1.29, 1.82) is 0 Å². The summed E-state index contributed by atoms with van der Waals surface area (Å²) in [7, 11) is 1.54. The molecule has 33 heavy (non-hydrogen) atoms. The molecule has 0 aliphatic heterocycles. The number of aryl methyl sites for hydroxylation is 1. The maximum Gasteiger partial charge on any atom is 0.273 e. The van der Waals surface area contributed by atoms with Crippen molar-refractivity contribution >= 4 is 11.7 Å². The van der Waals surface area contributed by atoms with E-state index in [1.54, 1.807) is 25.8 Å². The molecular formula is C26H25N5O2. The molecule has 1 unspecified atom stereocenters. The number of fused-ring (bicyclic) bond motifs is 1. The molecule has 0 saturated carbocycles. The largest absolute Gasteiger partial charge is 0.472 e. The average Bonchev–Trinajstić information content (AvgIpc) is 3.53. The zero-order valence-electron chi connectivity index (χ0n) is 18.3. The molecule has 5 rings (SSSR count). The predicted octanol–water partition coefficient (Wildman–Crippen LogP) is 4.12. The van der Waals surface area contributed by atoms with Crippen LogP contribution >= 0.6 is 0 Å². The maximum absolute atomic E-state index is 12.0. The molecule has 1 aliphatic rings. The molecule has 7 nitrogen and oxygen atoms in total. The van der Waals surface area contributed by atoms with Crippen LogP contribution in [0.15, 0.2) is 71.7 Å². The van der Waals surface area contributed by atoms with Crippen LogP contribution in [0.3, 0.4) is 0 Å². The van der Waals surface area contributed by atoms with Crippen LogP contribution in [0.5, 0.6) is 0 Å². The number of nitrogens with two attached hydrogens (primary N) is 1. The van der Waals surface area contributed by atoms with Gasteiger partial charge in [0.1, 0.15) is 0 Å². The lowest BCUT2D eigenvalue weighted by Gasteiger charge is -2.15. The van der Waals surface area contributed by atoms with Crippen LogP contribution in [0.2, 0.25) is 0 Å². The Hall–Kier alpha value is -3.97. The molecule has 7 heteroatoms. The predicted molar refractivity (Wildman–Crippen MR) is 127 cm³/mol. The summed E-state index contributed by atoms with van der Waals surface area (Å²) in [5, 5.41) is 6.24. The molecule has 0 saturated heterocycles. The number of amides is 1. The fourth-order valence-electron chi connectivity index (χ4n) is 4.34. The fourth-order valence-corrected chi connectivity index (χ4v) is 4.34. The van der Waals surface area contributed by atoms with E-state index >= 15 is 0 Å². The minimum atomic E-state index is -0.351. The lowest BCUT2D eigenvalue weighted by molar-refractivity contribution is 0.0959. The molecule has 0 fully saturated rings. The number of rotatable bonds is 6. The van der Waals surface area contributed by atoms with Crippen molar-refractivity contribution in [3.63, 3.8) is 0 Å². The third-order valence-electron chi connectivity index (χ3n) is 6.09. The molecule has 4 N–H and O–H groups in total. The highest BCUT2D eigenvalue weighted by molar-refractivity contribution is 5.96. The van der Waals surface area contributed by atoms with Gasteiger partial charge in [0.05, 0.1) is 24.4 Å². The third-order valence-corrected chi connectivity index (χ3v) is 6.09. The van der Waals surface area contributed by atoms with E-state index in [1.807, 2.05) is 18.2 Å². The van der Waals surface area contributed by atoms with E-state index in [1.165, 1.54) is 16.7 Å². The second kappa shape index (κ2) is 8.88. The van der Waals surface area contributed by atoms with Gasteiger partial charge in [-0.2, -0.15) is 0 Å². The van der Waals surface area contributed by atoms with Crippen LogP contribution in [-0.2, 0) is 13.0 Å². The fraction of sp³-hybridized carbons (Fsp3) is 0.192. The number of nitrogens with one attached hydrogen (secondary N) is 2. The van der Waals surface area contributed by atoms with Gasteiger partial charge in [0.2, 0.25) is 0 Å². The average molecular weight is 440 g/mol. The van der Waals surface area contributed by atoms with E-state index in [9.17, 15) is 4.79 Å². The van der Waals surface area contributed by atoms with Gasteiger partial charge in [-0.05, 0) is 47.2 Å². The highest BCUT2D eigenvalue weighted by atomic mass is 16.3. The first-order valence-electron chi connectivity index (χ1n) is 10.9. The molecule has 2 heterocycles. The van der Waals surface area contributed by atoms with Gasteiger partial charge in [-0.15, -0.1) is 0 Å². The van der Waals surface area contributed by atoms with Crippen LogP contribution in [0.4, 0.5) is 5.82 Å². The number of hydrogen-bond acceptors (Lipinski definition) is 6. The SMILES string of the molecule is CNC(=O)c1nc(-c2cccc(CNC3CCc4cc(-c5ccoc5)ccc43)c2)cnc1N. The molecule has 0 radical (unpaired) electrons. The van der Waals surface area contributed by atoms with Crippen LogP contribution in [0, 0.1) is 0 Å². The number of furan rings is 1. The zero-order valence-corrected chi connectivity index (χ0v) is 18.3. The monoisotopic (exact) mass is 439 g/mol. The molecule has 1 amide bonds. The molecule has 4 aromatic rings. The van der Waals surface area contributed by atoms with Gasteiger partial charge in [0, 0.05) is 30.8 Å². The molecule has 1 atom stereocenters. The number of nitrogen functional groups attached to an aromatic ring is 1. The molecule has 2 aromatic carbocycles. The van der Waals surface area contributed by atoms with Crippen LogP contribution in [-0.4, -0.2) is 22.9 Å². The molecular weight excluding hydrogens is 414 g/mol. The Morgan fingerprint density at radius 1 is 1.15 bits per heavy atom. The van der Waals surface area contributed by atoms with Crippen molar-refractivity contribution in [3.05, 3.63) is 89.6 Å². The zero-order chi connectivity index (χ0) is 22.8. The lowest BCUT2D eigenvalue weighted by atomic mass is 10.0. The third kappa shape index (κ3) is 4.23. The first-order chi connectivity index (χ1) is 16.1.